The highest BCUT2D eigenvalue weighted by atomic mass is 16.6. The predicted octanol–water partition coefficient (Wildman–Crippen LogP) is 0.564. The molecule has 2 nitrogen and oxygen atoms in total. The summed E-state index contributed by atoms with van der Waals surface area (Å²) in [6.07, 6.45) is 1.51. The zero-order valence-corrected chi connectivity index (χ0v) is 5.02. The Morgan fingerprint density at radius 3 is 3.00 bits per heavy atom. The van der Waals surface area contributed by atoms with E-state index in [0.29, 0.717) is 6.10 Å². The van der Waals surface area contributed by atoms with E-state index >= 15 is 0 Å². The minimum absolute atomic E-state index is 0.220. The van der Waals surface area contributed by atoms with Crippen molar-refractivity contribution in [1.82, 2.24) is 0 Å². The van der Waals surface area contributed by atoms with Crippen LogP contribution in [0, 0.1) is 0 Å². The molecule has 2 heteroatoms. The molecule has 0 saturated carbocycles. The van der Waals surface area contributed by atoms with Crippen LogP contribution in [0.5, 0.6) is 0 Å². The molecule has 0 aromatic heterocycles. The van der Waals surface area contributed by atoms with Crippen molar-refractivity contribution in [3.8, 4) is 0 Å². The number of rotatable bonds is 0. The van der Waals surface area contributed by atoms with Crippen LogP contribution >= 0.6 is 0 Å². The highest BCUT2D eigenvalue weighted by Crippen LogP contribution is 2.41. The third kappa shape index (κ3) is 0.501. The molecule has 2 rings (SSSR count). The molecule has 8 heavy (non-hydrogen) atoms. The minimum atomic E-state index is 0.220. The molecule has 46 valence electrons. The van der Waals surface area contributed by atoms with Gasteiger partial charge in [0.15, 0.2) is 0 Å². The maximum absolute atomic E-state index is 5.34. The first-order valence-corrected chi connectivity index (χ1v) is 3.07. The van der Waals surface area contributed by atoms with Crippen LogP contribution in [0.2, 0.25) is 0 Å². The van der Waals surface area contributed by atoms with Gasteiger partial charge in [-0.25, -0.2) is 0 Å². The quantitative estimate of drug-likeness (QED) is 0.429. The summed E-state index contributed by atoms with van der Waals surface area (Å²) in [6, 6.07) is 0. The average molecular weight is 114 g/mol. The summed E-state index contributed by atoms with van der Waals surface area (Å²) >= 11 is 0. The number of hydrogen-bond acceptors (Lipinski definition) is 2. The third-order valence-electron chi connectivity index (χ3n) is 2.05. The smallest absolute Gasteiger partial charge is 0.110 e. The van der Waals surface area contributed by atoms with Gasteiger partial charge < -0.3 is 9.47 Å². The van der Waals surface area contributed by atoms with E-state index in [4.69, 9.17) is 9.47 Å². The Balaban J connectivity index is 2.04. The minimum Gasteiger partial charge on any atom is -0.379 e. The lowest BCUT2D eigenvalue weighted by Crippen LogP contribution is -2.22. The molecule has 0 bridgehead atoms. The fraction of sp³-hybridized carbons (Fsp3) is 1.00. The van der Waals surface area contributed by atoms with E-state index in [1.807, 2.05) is 0 Å². The summed E-state index contributed by atoms with van der Waals surface area (Å²) in [7, 11) is 0. The van der Waals surface area contributed by atoms with E-state index in [-0.39, 0.29) is 5.60 Å². The molecular formula is C6H10O2. The monoisotopic (exact) mass is 114 g/mol. The van der Waals surface area contributed by atoms with Crippen molar-refractivity contribution in [1.29, 1.82) is 0 Å². The Morgan fingerprint density at radius 1 is 1.62 bits per heavy atom. The summed E-state index contributed by atoms with van der Waals surface area (Å²) in [6.45, 7) is 3.85. The predicted molar refractivity (Wildman–Crippen MR) is 28.7 cm³/mol. The highest BCUT2D eigenvalue weighted by Gasteiger charge is 2.53. The van der Waals surface area contributed by atoms with Gasteiger partial charge in [-0.3, -0.25) is 0 Å². The van der Waals surface area contributed by atoms with Gasteiger partial charge in [0.1, 0.15) is 6.10 Å². The number of epoxide rings is 1. The molecule has 0 radical (unpaired) electrons. The Labute approximate surface area is 48.8 Å². The van der Waals surface area contributed by atoms with Crippen LogP contribution < -0.4 is 0 Å². The van der Waals surface area contributed by atoms with Crippen LogP contribution in [-0.2, 0) is 9.47 Å². The SMILES string of the molecule is CC12CCOCC1O2. The van der Waals surface area contributed by atoms with Crippen molar-refractivity contribution >= 4 is 0 Å². The molecule has 2 heterocycles. The molecule has 0 aromatic carbocycles. The average Bonchev–Trinajstić information content (AvgIpc) is 2.39. The van der Waals surface area contributed by atoms with E-state index in [9.17, 15) is 0 Å². The fourth-order valence-electron chi connectivity index (χ4n) is 1.19. The lowest BCUT2D eigenvalue weighted by Gasteiger charge is -2.11. The van der Waals surface area contributed by atoms with Gasteiger partial charge in [0.25, 0.3) is 0 Å². The Bertz CT molecular complexity index is 111. The first-order chi connectivity index (χ1) is 3.81. The first kappa shape index (κ1) is 4.77. The molecule has 0 spiro atoms. The van der Waals surface area contributed by atoms with Crippen molar-refractivity contribution in [2.75, 3.05) is 13.2 Å². The van der Waals surface area contributed by atoms with E-state index in [1.54, 1.807) is 0 Å². The van der Waals surface area contributed by atoms with E-state index in [1.165, 1.54) is 0 Å². The molecule has 2 fully saturated rings. The molecular weight excluding hydrogens is 104 g/mol. The lowest BCUT2D eigenvalue weighted by molar-refractivity contribution is 0.101. The second-order valence-electron chi connectivity index (χ2n) is 2.74. The Morgan fingerprint density at radius 2 is 2.50 bits per heavy atom. The van der Waals surface area contributed by atoms with Crippen molar-refractivity contribution in [3.63, 3.8) is 0 Å². The van der Waals surface area contributed by atoms with Gasteiger partial charge in [0, 0.05) is 13.0 Å². The van der Waals surface area contributed by atoms with Crippen LogP contribution in [-0.4, -0.2) is 24.9 Å². The molecule has 0 aliphatic carbocycles. The second-order valence-corrected chi connectivity index (χ2v) is 2.74. The number of ether oxygens (including phenoxy) is 2. The third-order valence-corrected chi connectivity index (χ3v) is 2.05. The summed E-state index contributed by atoms with van der Waals surface area (Å²) in [5.74, 6) is 0. The molecule has 2 atom stereocenters. The summed E-state index contributed by atoms with van der Waals surface area (Å²) in [4.78, 5) is 0. The lowest BCUT2D eigenvalue weighted by atomic mass is 10.0. The molecule has 2 unspecified atom stereocenters. The van der Waals surface area contributed by atoms with Crippen LogP contribution in [0.1, 0.15) is 13.3 Å². The largest absolute Gasteiger partial charge is 0.379 e. The molecule has 0 N–H and O–H groups in total. The number of fused-ring (bicyclic) bond motifs is 1. The molecule has 0 amide bonds. The highest BCUT2D eigenvalue weighted by molar-refractivity contribution is 5.00. The van der Waals surface area contributed by atoms with Crippen molar-refractivity contribution in [2.45, 2.75) is 25.0 Å². The summed E-state index contributed by atoms with van der Waals surface area (Å²) in [5, 5.41) is 0. The van der Waals surface area contributed by atoms with Gasteiger partial charge in [-0.1, -0.05) is 0 Å². The van der Waals surface area contributed by atoms with Gasteiger partial charge in [-0.2, -0.15) is 0 Å². The maximum atomic E-state index is 5.34. The molecule has 2 aliphatic heterocycles. The van der Waals surface area contributed by atoms with Gasteiger partial charge in [-0.05, 0) is 6.92 Å². The van der Waals surface area contributed by atoms with Gasteiger partial charge in [0.2, 0.25) is 0 Å². The van der Waals surface area contributed by atoms with Crippen molar-refractivity contribution in [2.24, 2.45) is 0 Å². The molecule has 0 aromatic rings. The van der Waals surface area contributed by atoms with Crippen molar-refractivity contribution < 1.29 is 9.47 Å². The summed E-state index contributed by atoms with van der Waals surface area (Å²) in [5.41, 5.74) is 0.220. The standard InChI is InChI=1S/C6H10O2/c1-6-2-3-7-4-5(6)8-6/h5H,2-4H2,1H3. The zero-order valence-electron chi connectivity index (χ0n) is 5.02. The van der Waals surface area contributed by atoms with Gasteiger partial charge in [-0.15, -0.1) is 0 Å². The maximum Gasteiger partial charge on any atom is 0.110 e. The van der Waals surface area contributed by atoms with E-state index in [2.05, 4.69) is 6.92 Å². The normalized spacial score (nSPS) is 52.9. The van der Waals surface area contributed by atoms with Gasteiger partial charge in [0.05, 0.1) is 12.2 Å². The van der Waals surface area contributed by atoms with Crippen LogP contribution in [0.4, 0.5) is 0 Å². The van der Waals surface area contributed by atoms with E-state index in [0.717, 1.165) is 19.6 Å². The van der Waals surface area contributed by atoms with Crippen LogP contribution in [0.15, 0.2) is 0 Å². The zero-order chi connectivity index (χ0) is 5.61. The van der Waals surface area contributed by atoms with Gasteiger partial charge >= 0.3 is 0 Å². The first-order valence-electron chi connectivity index (χ1n) is 3.07. The van der Waals surface area contributed by atoms with Crippen LogP contribution in [0.3, 0.4) is 0 Å². The Kier molecular flexibility index (Phi) is 0.746. The molecule has 2 aliphatic rings. The fourth-order valence-corrected chi connectivity index (χ4v) is 1.19. The molecule has 2 saturated heterocycles. The number of hydrogen-bond donors (Lipinski definition) is 0. The van der Waals surface area contributed by atoms with Crippen LogP contribution in [0.25, 0.3) is 0 Å². The van der Waals surface area contributed by atoms with Crippen molar-refractivity contribution in [3.05, 3.63) is 0 Å². The second kappa shape index (κ2) is 1.25. The Hall–Kier alpha value is -0.0800. The topological polar surface area (TPSA) is 21.8 Å². The summed E-state index contributed by atoms with van der Waals surface area (Å²) < 4.78 is 10.5. The van der Waals surface area contributed by atoms with E-state index < -0.39 is 0 Å².